The largest absolute Gasteiger partial charge is 0.481 e. The lowest BCUT2D eigenvalue weighted by atomic mass is 10.1. The third-order valence-electron chi connectivity index (χ3n) is 2.88. The van der Waals surface area contributed by atoms with Crippen LogP contribution in [0.3, 0.4) is 0 Å². The Hall–Kier alpha value is -3.03. The zero-order chi connectivity index (χ0) is 16.1. The maximum absolute atomic E-state index is 11.8. The van der Waals surface area contributed by atoms with Crippen LogP contribution < -0.4 is 10.1 Å². The van der Waals surface area contributed by atoms with Gasteiger partial charge in [-0.15, -0.1) is 0 Å². The van der Waals surface area contributed by atoms with Crippen LogP contribution in [-0.2, 0) is 14.3 Å². The van der Waals surface area contributed by atoms with Gasteiger partial charge >= 0.3 is 18.0 Å². The Balaban J connectivity index is 2.02. The Kier molecular flexibility index (Phi) is 4.62. The van der Waals surface area contributed by atoms with Gasteiger partial charge in [-0.2, -0.15) is 0 Å². The van der Waals surface area contributed by atoms with Gasteiger partial charge in [0.2, 0.25) is 0 Å². The molecule has 0 spiro atoms. The fraction of sp³-hybridized carbons (Fsp3) is 0.214. The van der Waals surface area contributed by atoms with Gasteiger partial charge in [0.15, 0.2) is 6.10 Å². The molecule has 0 aromatic heterocycles. The van der Waals surface area contributed by atoms with Crippen molar-refractivity contribution in [3.8, 4) is 5.75 Å². The van der Waals surface area contributed by atoms with E-state index in [0.29, 0.717) is 11.3 Å². The highest BCUT2D eigenvalue weighted by molar-refractivity contribution is 5.84. The summed E-state index contributed by atoms with van der Waals surface area (Å²) in [6, 6.07) is 5.31. The fourth-order valence-corrected chi connectivity index (χ4v) is 1.88. The predicted molar refractivity (Wildman–Crippen MR) is 72.2 cm³/mol. The van der Waals surface area contributed by atoms with E-state index in [1.165, 1.54) is 12.3 Å². The zero-order valence-electron chi connectivity index (χ0n) is 11.3. The molecule has 1 aliphatic heterocycles. The highest BCUT2D eigenvalue weighted by atomic mass is 16.6. The molecule has 22 heavy (non-hydrogen) atoms. The Morgan fingerprint density at radius 3 is 2.68 bits per heavy atom. The first kappa shape index (κ1) is 15.4. The van der Waals surface area contributed by atoms with Crippen LogP contribution in [0.15, 0.2) is 36.6 Å². The van der Waals surface area contributed by atoms with Crippen molar-refractivity contribution in [1.29, 1.82) is 0 Å². The minimum atomic E-state index is -1.57. The molecule has 2 atom stereocenters. The van der Waals surface area contributed by atoms with E-state index in [4.69, 9.17) is 19.7 Å². The average Bonchev–Trinajstić information content (AvgIpc) is 2.46. The molecule has 0 bridgehead atoms. The minimum Gasteiger partial charge on any atom is -0.481 e. The fourth-order valence-electron chi connectivity index (χ4n) is 1.88. The van der Waals surface area contributed by atoms with Gasteiger partial charge < -0.3 is 25.0 Å². The first-order valence-electron chi connectivity index (χ1n) is 6.31. The zero-order valence-corrected chi connectivity index (χ0v) is 11.3. The molecule has 0 fully saturated rings. The summed E-state index contributed by atoms with van der Waals surface area (Å²) in [6.07, 6.45) is 0.315. The maximum atomic E-state index is 11.8. The quantitative estimate of drug-likeness (QED) is 0.749. The first-order valence-corrected chi connectivity index (χ1v) is 6.31. The molecule has 2 rings (SSSR count). The molecular weight excluding hydrogens is 294 g/mol. The molecule has 0 saturated heterocycles. The number of hydrogen-bond acceptors (Lipinski definition) is 5. The summed E-state index contributed by atoms with van der Waals surface area (Å²) in [5, 5.41) is 19.5. The molecule has 3 N–H and O–H groups in total. The summed E-state index contributed by atoms with van der Waals surface area (Å²) in [7, 11) is 0. The second-order valence-electron chi connectivity index (χ2n) is 4.44. The lowest BCUT2D eigenvalue weighted by Crippen LogP contribution is -2.42. The van der Waals surface area contributed by atoms with Crippen LogP contribution in [0.2, 0.25) is 0 Å². The minimum absolute atomic E-state index is 0.517. The number of carbonyl (C=O) groups excluding carboxylic acids is 1. The monoisotopic (exact) mass is 307 g/mol. The molecule has 116 valence electrons. The third kappa shape index (κ3) is 3.75. The van der Waals surface area contributed by atoms with E-state index in [2.05, 4.69) is 0 Å². The summed E-state index contributed by atoms with van der Waals surface area (Å²) in [6.45, 7) is 0. The van der Waals surface area contributed by atoms with Gasteiger partial charge in [-0.05, 0) is 12.1 Å². The Morgan fingerprint density at radius 1 is 1.27 bits per heavy atom. The number of rotatable bonds is 5. The number of amides is 1. The van der Waals surface area contributed by atoms with Crippen LogP contribution in [0.5, 0.6) is 5.75 Å². The number of aliphatic carboxylic acids is 2. The lowest BCUT2D eigenvalue weighted by Gasteiger charge is -2.21. The number of hydrogen-bond donors (Lipinski definition) is 3. The summed E-state index contributed by atoms with van der Waals surface area (Å²) in [5.41, 5.74) is 0.602. The van der Waals surface area contributed by atoms with Gasteiger partial charge in [-0.25, -0.2) is 9.59 Å². The van der Waals surface area contributed by atoms with E-state index in [1.807, 2.05) is 5.32 Å². The maximum Gasteiger partial charge on any atom is 0.408 e. The number of carboxylic acids is 2. The normalized spacial score (nSPS) is 16.8. The van der Waals surface area contributed by atoms with Crippen molar-refractivity contribution in [2.45, 2.75) is 18.6 Å². The molecule has 1 amide bonds. The number of para-hydroxylation sites is 1. The molecule has 0 radical (unpaired) electrons. The van der Waals surface area contributed by atoms with Crippen molar-refractivity contribution in [2.24, 2.45) is 0 Å². The highest BCUT2D eigenvalue weighted by Gasteiger charge is 2.26. The first-order chi connectivity index (χ1) is 10.5. The van der Waals surface area contributed by atoms with Crippen LogP contribution >= 0.6 is 0 Å². The van der Waals surface area contributed by atoms with Crippen molar-refractivity contribution in [3.05, 3.63) is 42.2 Å². The molecule has 0 aliphatic carbocycles. The number of ether oxygens (including phenoxy) is 2. The van der Waals surface area contributed by atoms with Crippen molar-refractivity contribution >= 4 is 18.0 Å². The summed E-state index contributed by atoms with van der Waals surface area (Å²) in [5.74, 6) is -2.28. The number of nitrogens with one attached hydrogen (secondary N) is 1. The van der Waals surface area contributed by atoms with Gasteiger partial charge in [-0.1, -0.05) is 18.2 Å². The molecule has 0 saturated carbocycles. The molecule has 2 unspecified atom stereocenters. The predicted octanol–water partition coefficient (Wildman–Crippen LogP) is 1.29. The Morgan fingerprint density at radius 2 is 2.00 bits per heavy atom. The van der Waals surface area contributed by atoms with E-state index >= 15 is 0 Å². The lowest BCUT2D eigenvalue weighted by molar-refractivity contribution is -0.145. The van der Waals surface area contributed by atoms with E-state index in [0.717, 1.165) is 0 Å². The average molecular weight is 307 g/mol. The topological polar surface area (TPSA) is 122 Å². The van der Waals surface area contributed by atoms with Gasteiger partial charge in [-0.3, -0.25) is 4.79 Å². The molecule has 1 aliphatic rings. The summed E-state index contributed by atoms with van der Waals surface area (Å²) >= 11 is 0. The summed E-state index contributed by atoms with van der Waals surface area (Å²) in [4.78, 5) is 33.2. The molecule has 1 heterocycles. The molecule has 8 nitrogen and oxygen atoms in total. The van der Waals surface area contributed by atoms with Crippen LogP contribution in [0.25, 0.3) is 0 Å². The second-order valence-corrected chi connectivity index (χ2v) is 4.44. The molecular formula is C14H13NO7. The Labute approximate surface area is 125 Å². The van der Waals surface area contributed by atoms with Gasteiger partial charge in [0.1, 0.15) is 11.8 Å². The van der Waals surface area contributed by atoms with E-state index in [1.54, 1.807) is 24.3 Å². The number of fused-ring (bicyclic) bond motifs is 1. The van der Waals surface area contributed by atoms with Crippen LogP contribution in [0.1, 0.15) is 18.1 Å². The standard InChI is InChI=1S/C14H13NO7/c16-12(17)7-9(13(18)19)15-14(20)22-11-5-6-21-10-4-2-1-3-8(10)11/h1-6,9,11H,7H2,(H,15,20)(H,16,17)(H,18,19). The van der Waals surface area contributed by atoms with E-state index < -0.39 is 36.6 Å². The number of alkyl carbamates (subject to hydrolysis) is 1. The number of benzene rings is 1. The highest BCUT2D eigenvalue weighted by Crippen LogP contribution is 2.32. The Bertz CT molecular complexity index is 625. The van der Waals surface area contributed by atoms with Crippen LogP contribution in [0, 0.1) is 0 Å². The van der Waals surface area contributed by atoms with Crippen LogP contribution in [-0.4, -0.2) is 34.3 Å². The SMILES string of the molecule is O=C(O)CC(NC(=O)OC1C=COc2ccccc21)C(=O)O. The van der Waals surface area contributed by atoms with Crippen molar-refractivity contribution in [3.63, 3.8) is 0 Å². The summed E-state index contributed by atoms with van der Waals surface area (Å²) < 4.78 is 10.4. The van der Waals surface area contributed by atoms with Gasteiger partial charge in [0.05, 0.1) is 12.7 Å². The molecule has 1 aromatic carbocycles. The van der Waals surface area contributed by atoms with E-state index in [-0.39, 0.29) is 0 Å². The number of carboxylic acid groups (broad SMARTS) is 2. The second kappa shape index (κ2) is 6.61. The van der Waals surface area contributed by atoms with Crippen molar-refractivity contribution in [2.75, 3.05) is 0 Å². The molecule has 8 heteroatoms. The van der Waals surface area contributed by atoms with E-state index in [9.17, 15) is 14.4 Å². The van der Waals surface area contributed by atoms with Gasteiger partial charge in [0, 0.05) is 5.56 Å². The smallest absolute Gasteiger partial charge is 0.408 e. The van der Waals surface area contributed by atoms with Crippen molar-refractivity contribution in [1.82, 2.24) is 5.32 Å². The van der Waals surface area contributed by atoms with Crippen molar-refractivity contribution < 1.29 is 34.1 Å². The van der Waals surface area contributed by atoms with Gasteiger partial charge in [0.25, 0.3) is 0 Å². The van der Waals surface area contributed by atoms with Crippen LogP contribution in [0.4, 0.5) is 4.79 Å². The third-order valence-corrected chi connectivity index (χ3v) is 2.88. The molecule has 1 aromatic rings. The number of carbonyl (C=O) groups is 3.